The number of aromatic nitrogens is 3. The molecule has 0 saturated heterocycles. The van der Waals surface area contributed by atoms with Crippen molar-refractivity contribution < 1.29 is 13.2 Å². The molecule has 2 aromatic carbocycles. The number of rotatable bonds is 8. The molecule has 0 aliphatic rings. The summed E-state index contributed by atoms with van der Waals surface area (Å²) in [6, 6.07) is 14.1. The van der Waals surface area contributed by atoms with Gasteiger partial charge in [0.05, 0.1) is 28.9 Å². The lowest BCUT2D eigenvalue weighted by Crippen LogP contribution is -2.30. The van der Waals surface area contributed by atoms with E-state index in [0.717, 1.165) is 21.7 Å². The molecule has 0 aliphatic carbocycles. The van der Waals surface area contributed by atoms with E-state index < -0.39 is 15.6 Å². The summed E-state index contributed by atoms with van der Waals surface area (Å²) < 4.78 is 34.7. The molecule has 0 bridgehead atoms. The van der Waals surface area contributed by atoms with Gasteiger partial charge >= 0.3 is 0 Å². The molecule has 2 N–H and O–H groups in total. The van der Waals surface area contributed by atoms with Crippen molar-refractivity contribution in [3.05, 3.63) is 78.0 Å². The van der Waals surface area contributed by atoms with E-state index in [1.807, 2.05) is 45.9 Å². The molecule has 2 heterocycles. The zero-order valence-electron chi connectivity index (χ0n) is 20.2. The number of benzene rings is 2. The number of sulfonamides is 1. The van der Waals surface area contributed by atoms with Crippen LogP contribution in [0.1, 0.15) is 30.9 Å². The average molecular weight is 510 g/mol. The minimum absolute atomic E-state index is 0.0566. The fraction of sp³-hybridized carbons (Fsp3) is 0.240. The van der Waals surface area contributed by atoms with E-state index in [4.69, 9.17) is 4.74 Å². The number of methoxy groups -OCH3 is 1. The van der Waals surface area contributed by atoms with Crippen LogP contribution in [0.2, 0.25) is 0 Å². The predicted octanol–water partition coefficient (Wildman–Crippen LogP) is 5.37. The molecular formula is C25H27N5O3S2. The van der Waals surface area contributed by atoms with Gasteiger partial charge in [0.2, 0.25) is 0 Å². The summed E-state index contributed by atoms with van der Waals surface area (Å²) in [5, 5.41) is 4.09. The number of thiazole rings is 1. The molecule has 0 fully saturated rings. The number of para-hydroxylation sites is 1. The minimum atomic E-state index is -3.90. The van der Waals surface area contributed by atoms with Crippen LogP contribution in [-0.2, 0) is 15.6 Å². The second kappa shape index (κ2) is 9.63. The third-order valence-corrected chi connectivity index (χ3v) is 7.95. The summed E-state index contributed by atoms with van der Waals surface area (Å²) in [6.07, 6.45) is 3.41. The number of aryl methyl sites for hydroxylation is 2. The van der Waals surface area contributed by atoms with Gasteiger partial charge in [-0.15, -0.1) is 0 Å². The Morgan fingerprint density at radius 1 is 1.00 bits per heavy atom. The molecule has 0 spiro atoms. The number of nitrogens with one attached hydrogen (secondary N) is 2. The molecule has 0 atom stereocenters. The lowest BCUT2D eigenvalue weighted by molar-refractivity contribution is 0.403. The maximum absolute atomic E-state index is 13.3. The van der Waals surface area contributed by atoms with Crippen molar-refractivity contribution in [1.29, 1.82) is 0 Å². The van der Waals surface area contributed by atoms with Crippen molar-refractivity contribution >= 4 is 32.2 Å². The molecule has 0 radical (unpaired) electrons. The SMILES string of the molecule is COc1ccc(-c2sc(NC(C)(C)c3ncccn3)nc2C)cc1S(=O)(=O)Nc1ccccc1C. The highest BCUT2D eigenvalue weighted by Gasteiger charge is 2.26. The maximum atomic E-state index is 13.3. The number of hydrogen-bond donors (Lipinski definition) is 2. The fourth-order valence-electron chi connectivity index (χ4n) is 3.58. The van der Waals surface area contributed by atoms with Crippen molar-refractivity contribution in [1.82, 2.24) is 15.0 Å². The predicted molar refractivity (Wildman–Crippen MR) is 140 cm³/mol. The van der Waals surface area contributed by atoms with Gasteiger partial charge in [0, 0.05) is 12.4 Å². The highest BCUT2D eigenvalue weighted by molar-refractivity contribution is 7.92. The van der Waals surface area contributed by atoms with Crippen molar-refractivity contribution in [2.45, 2.75) is 38.1 Å². The first-order chi connectivity index (χ1) is 16.6. The lowest BCUT2D eigenvalue weighted by atomic mass is 10.1. The first-order valence-corrected chi connectivity index (χ1v) is 13.2. The lowest BCUT2D eigenvalue weighted by Gasteiger charge is -2.23. The fourth-order valence-corrected chi connectivity index (χ4v) is 6.03. The highest BCUT2D eigenvalue weighted by atomic mass is 32.2. The monoisotopic (exact) mass is 509 g/mol. The van der Waals surface area contributed by atoms with Gasteiger partial charge in [-0.2, -0.15) is 0 Å². The Morgan fingerprint density at radius 3 is 2.40 bits per heavy atom. The third kappa shape index (κ3) is 5.28. The largest absolute Gasteiger partial charge is 0.495 e. The van der Waals surface area contributed by atoms with Crippen molar-refractivity contribution in [3.63, 3.8) is 0 Å². The van der Waals surface area contributed by atoms with Crippen LogP contribution in [0.25, 0.3) is 10.4 Å². The van der Waals surface area contributed by atoms with Gasteiger partial charge in [-0.3, -0.25) is 4.72 Å². The van der Waals surface area contributed by atoms with E-state index in [1.54, 1.807) is 42.7 Å². The number of nitrogens with zero attached hydrogens (tertiary/aromatic N) is 3. The Balaban J connectivity index is 1.68. The number of ether oxygens (including phenoxy) is 1. The normalized spacial score (nSPS) is 11.8. The Hall–Kier alpha value is -3.50. The Morgan fingerprint density at radius 2 is 1.71 bits per heavy atom. The molecule has 4 rings (SSSR count). The number of anilines is 2. The molecule has 2 aromatic heterocycles. The zero-order valence-corrected chi connectivity index (χ0v) is 21.8. The van der Waals surface area contributed by atoms with Gasteiger partial charge in [-0.05, 0) is 69.2 Å². The Kier molecular flexibility index (Phi) is 6.77. The molecular weight excluding hydrogens is 482 g/mol. The summed E-state index contributed by atoms with van der Waals surface area (Å²) in [6.45, 7) is 7.71. The molecule has 182 valence electrons. The van der Waals surface area contributed by atoms with Gasteiger partial charge in [-0.1, -0.05) is 29.5 Å². The van der Waals surface area contributed by atoms with Crippen LogP contribution in [0, 0.1) is 13.8 Å². The molecule has 4 aromatic rings. The van der Waals surface area contributed by atoms with Gasteiger partial charge in [0.1, 0.15) is 10.6 Å². The summed E-state index contributed by atoms with van der Waals surface area (Å²) in [7, 11) is -2.45. The van der Waals surface area contributed by atoms with Crippen LogP contribution in [0.3, 0.4) is 0 Å². The van der Waals surface area contributed by atoms with Gasteiger partial charge in [-0.25, -0.2) is 23.4 Å². The topological polar surface area (TPSA) is 106 Å². The van der Waals surface area contributed by atoms with Crippen LogP contribution in [0.15, 0.2) is 65.8 Å². The average Bonchev–Trinajstić information content (AvgIpc) is 3.19. The van der Waals surface area contributed by atoms with E-state index in [0.29, 0.717) is 16.6 Å². The van der Waals surface area contributed by atoms with E-state index >= 15 is 0 Å². The Bertz CT molecular complexity index is 1450. The third-order valence-electron chi connectivity index (χ3n) is 5.45. The molecule has 10 heteroatoms. The van der Waals surface area contributed by atoms with E-state index in [9.17, 15) is 8.42 Å². The van der Waals surface area contributed by atoms with Gasteiger partial charge < -0.3 is 10.1 Å². The first-order valence-electron chi connectivity index (χ1n) is 10.9. The van der Waals surface area contributed by atoms with Crippen LogP contribution in [-0.4, -0.2) is 30.5 Å². The van der Waals surface area contributed by atoms with Gasteiger partial charge in [0.25, 0.3) is 10.0 Å². The maximum Gasteiger partial charge on any atom is 0.265 e. The molecule has 35 heavy (non-hydrogen) atoms. The van der Waals surface area contributed by atoms with Crippen LogP contribution in [0.4, 0.5) is 10.8 Å². The van der Waals surface area contributed by atoms with Crippen molar-refractivity contribution in [2.75, 3.05) is 17.1 Å². The summed E-state index contributed by atoms with van der Waals surface area (Å²) in [5.41, 5.74) is 2.31. The number of hydrogen-bond acceptors (Lipinski definition) is 8. The second-order valence-corrected chi connectivity index (χ2v) is 11.2. The molecule has 0 amide bonds. The van der Waals surface area contributed by atoms with E-state index in [-0.39, 0.29) is 10.6 Å². The van der Waals surface area contributed by atoms with E-state index in [1.165, 1.54) is 18.4 Å². The minimum Gasteiger partial charge on any atom is -0.495 e. The zero-order chi connectivity index (χ0) is 25.2. The molecule has 0 unspecified atom stereocenters. The van der Waals surface area contributed by atoms with Crippen LogP contribution in [0.5, 0.6) is 5.75 Å². The molecule has 8 nitrogen and oxygen atoms in total. The van der Waals surface area contributed by atoms with Gasteiger partial charge in [0.15, 0.2) is 11.0 Å². The molecule has 0 saturated carbocycles. The highest BCUT2D eigenvalue weighted by Crippen LogP contribution is 2.38. The Labute approximate surface area is 209 Å². The summed E-state index contributed by atoms with van der Waals surface area (Å²) >= 11 is 1.44. The first kappa shape index (κ1) is 24.6. The molecule has 0 aliphatic heterocycles. The summed E-state index contributed by atoms with van der Waals surface area (Å²) in [4.78, 5) is 14.3. The van der Waals surface area contributed by atoms with Crippen LogP contribution >= 0.6 is 11.3 Å². The second-order valence-electron chi connectivity index (χ2n) is 8.54. The van der Waals surface area contributed by atoms with Crippen molar-refractivity contribution in [2.24, 2.45) is 0 Å². The smallest absolute Gasteiger partial charge is 0.265 e. The van der Waals surface area contributed by atoms with E-state index in [2.05, 4.69) is 25.0 Å². The van der Waals surface area contributed by atoms with Crippen LogP contribution < -0.4 is 14.8 Å². The summed E-state index contributed by atoms with van der Waals surface area (Å²) in [5.74, 6) is 0.909. The van der Waals surface area contributed by atoms with Crippen molar-refractivity contribution in [3.8, 4) is 16.2 Å². The standard InChI is InChI=1S/C25H27N5O3S2/c1-16-9-6-7-10-19(16)30-35(31,32)21-15-18(11-12-20(21)33-5)22-17(2)28-24(34-22)29-25(3,4)23-26-13-8-14-27-23/h6-15,30H,1-5H3,(H,28,29). The quantitative estimate of drug-likeness (QED) is 0.329.